The molecular weight excluding hydrogens is 320 g/mol. The summed E-state index contributed by atoms with van der Waals surface area (Å²) in [5.74, 6) is 0. The average Bonchev–Trinajstić information content (AvgIpc) is 2.79. The predicted molar refractivity (Wildman–Crippen MR) is 72.7 cm³/mol. The molecule has 1 heterocycles. The topological polar surface area (TPSA) is 101 Å². The van der Waals surface area contributed by atoms with Crippen LogP contribution in [0.3, 0.4) is 0 Å². The van der Waals surface area contributed by atoms with Gasteiger partial charge in [-0.3, -0.25) is 9.82 Å². The Morgan fingerprint density at radius 2 is 2.17 bits per heavy atom. The number of benzene rings is 1. The molecule has 0 atom stereocenters. The monoisotopic (exact) mass is 330 g/mol. The zero-order chi connectivity index (χ0) is 13.3. The molecule has 0 aliphatic rings. The van der Waals surface area contributed by atoms with E-state index in [1.807, 2.05) is 6.92 Å². The van der Waals surface area contributed by atoms with Crippen LogP contribution in [0.2, 0.25) is 0 Å². The molecular formula is C10H11BrN4O2S. The first kappa shape index (κ1) is 12.9. The number of hydrogen-bond donors (Lipinski definition) is 3. The number of nitrogens with one attached hydrogen (secondary N) is 2. The van der Waals surface area contributed by atoms with Crippen molar-refractivity contribution in [2.75, 3.05) is 10.5 Å². The summed E-state index contributed by atoms with van der Waals surface area (Å²) in [6.07, 6.45) is 1.37. The van der Waals surface area contributed by atoms with Gasteiger partial charge in [0.1, 0.15) is 0 Å². The molecule has 8 heteroatoms. The van der Waals surface area contributed by atoms with Gasteiger partial charge in [0, 0.05) is 10.2 Å². The summed E-state index contributed by atoms with van der Waals surface area (Å²) in [4.78, 5) is 0. The van der Waals surface area contributed by atoms with E-state index in [-0.39, 0.29) is 5.03 Å². The number of aromatic nitrogens is 2. The third kappa shape index (κ3) is 2.49. The van der Waals surface area contributed by atoms with Crippen LogP contribution in [0.15, 0.2) is 33.9 Å². The summed E-state index contributed by atoms with van der Waals surface area (Å²) in [6, 6.07) is 4.68. The van der Waals surface area contributed by atoms with Gasteiger partial charge in [0.15, 0.2) is 5.03 Å². The minimum absolute atomic E-state index is 0.00598. The van der Waals surface area contributed by atoms with Gasteiger partial charge in [-0.2, -0.15) is 13.5 Å². The van der Waals surface area contributed by atoms with Gasteiger partial charge in [-0.05, 0) is 46.6 Å². The van der Waals surface area contributed by atoms with Gasteiger partial charge in [0.05, 0.1) is 11.9 Å². The Morgan fingerprint density at radius 1 is 1.44 bits per heavy atom. The third-order valence-electron chi connectivity index (χ3n) is 2.36. The van der Waals surface area contributed by atoms with Crippen LogP contribution in [0.25, 0.3) is 0 Å². The van der Waals surface area contributed by atoms with Crippen molar-refractivity contribution in [3.63, 3.8) is 0 Å². The van der Waals surface area contributed by atoms with Crippen molar-refractivity contribution >= 4 is 37.3 Å². The smallest absolute Gasteiger partial charge is 0.278 e. The first-order chi connectivity index (χ1) is 8.40. The molecule has 0 amide bonds. The molecule has 2 rings (SSSR count). The Hall–Kier alpha value is -1.54. The Bertz CT molecular complexity index is 667. The van der Waals surface area contributed by atoms with Crippen molar-refractivity contribution in [1.82, 2.24) is 10.2 Å². The molecule has 96 valence electrons. The van der Waals surface area contributed by atoms with Crippen LogP contribution >= 0.6 is 15.9 Å². The lowest BCUT2D eigenvalue weighted by Gasteiger charge is -2.10. The number of nitrogens with zero attached hydrogens (tertiary/aromatic N) is 1. The molecule has 6 nitrogen and oxygen atoms in total. The molecule has 0 radical (unpaired) electrons. The Balaban J connectivity index is 2.39. The lowest BCUT2D eigenvalue weighted by molar-refractivity contribution is 0.597. The average molecular weight is 331 g/mol. The van der Waals surface area contributed by atoms with Crippen LogP contribution < -0.4 is 10.5 Å². The van der Waals surface area contributed by atoms with Gasteiger partial charge in [-0.15, -0.1) is 0 Å². The number of anilines is 2. The van der Waals surface area contributed by atoms with Crippen LogP contribution in [-0.2, 0) is 10.0 Å². The van der Waals surface area contributed by atoms with Crippen LogP contribution in [0.1, 0.15) is 5.56 Å². The van der Waals surface area contributed by atoms with Crippen molar-refractivity contribution in [3.05, 3.63) is 34.4 Å². The highest BCUT2D eigenvalue weighted by atomic mass is 79.9. The number of sulfonamides is 1. The Kier molecular flexibility index (Phi) is 3.31. The number of nitrogens with two attached hydrogens (primary N) is 1. The minimum Gasteiger partial charge on any atom is -0.398 e. The van der Waals surface area contributed by atoms with Crippen LogP contribution in [0.5, 0.6) is 0 Å². The van der Waals surface area contributed by atoms with E-state index in [0.29, 0.717) is 15.8 Å². The SMILES string of the molecule is Cc1cc(Br)c(NS(=O)(=O)c2ccn[nH]2)cc1N. The summed E-state index contributed by atoms with van der Waals surface area (Å²) >= 11 is 3.29. The van der Waals surface area contributed by atoms with E-state index >= 15 is 0 Å². The standard InChI is InChI=1S/C10H11BrN4O2S/c1-6-4-7(11)9(5-8(6)12)15-18(16,17)10-2-3-13-14-10/h2-5,15H,12H2,1H3,(H,13,14). The molecule has 1 aromatic carbocycles. The molecule has 4 N–H and O–H groups in total. The summed E-state index contributed by atoms with van der Waals surface area (Å²) in [7, 11) is -3.68. The van der Waals surface area contributed by atoms with Crippen molar-refractivity contribution in [2.24, 2.45) is 0 Å². The molecule has 0 spiro atoms. The second-order valence-corrected chi connectivity index (χ2v) is 6.22. The quantitative estimate of drug-likeness (QED) is 0.747. The molecule has 0 aliphatic heterocycles. The lowest BCUT2D eigenvalue weighted by atomic mass is 10.2. The second kappa shape index (κ2) is 4.62. The van der Waals surface area contributed by atoms with E-state index in [1.165, 1.54) is 12.3 Å². The van der Waals surface area contributed by atoms with Crippen molar-refractivity contribution < 1.29 is 8.42 Å². The number of aryl methyl sites for hydroxylation is 1. The van der Waals surface area contributed by atoms with E-state index in [2.05, 4.69) is 30.8 Å². The fourth-order valence-corrected chi connectivity index (χ4v) is 3.03. The molecule has 0 fully saturated rings. The van der Waals surface area contributed by atoms with Crippen molar-refractivity contribution in [3.8, 4) is 0 Å². The third-order valence-corrected chi connectivity index (χ3v) is 4.32. The first-order valence-electron chi connectivity index (χ1n) is 4.98. The fourth-order valence-electron chi connectivity index (χ4n) is 1.36. The van der Waals surface area contributed by atoms with Crippen molar-refractivity contribution in [2.45, 2.75) is 11.9 Å². The molecule has 1 aromatic heterocycles. The van der Waals surface area contributed by atoms with E-state index < -0.39 is 10.0 Å². The highest BCUT2D eigenvalue weighted by Crippen LogP contribution is 2.29. The number of rotatable bonds is 3. The number of nitrogen functional groups attached to an aromatic ring is 1. The first-order valence-corrected chi connectivity index (χ1v) is 7.25. The van der Waals surface area contributed by atoms with Gasteiger partial charge in [-0.25, -0.2) is 0 Å². The maximum Gasteiger partial charge on any atom is 0.278 e. The zero-order valence-electron chi connectivity index (χ0n) is 9.44. The zero-order valence-corrected chi connectivity index (χ0v) is 11.8. The summed E-state index contributed by atoms with van der Waals surface area (Å²) in [6.45, 7) is 1.84. The molecule has 2 aromatic rings. The largest absolute Gasteiger partial charge is 0.398 e. The molecule has 0 saturated carbocycles. The lowest BCUT2D eigenvalue weighted by Crippen LogP contribution is -2.14. The summed E-state index contributed by atoms with van der Waals surface area (Å²) in [5.41, 5.74) is 7.51. The number of halogens is 1. The number of hydrogen-bond acceptors (Lipinski definition) is 4. The maximum absolute atomic E-state index is 12.0. The van der Waals surface area contributed by atoms with Gasteiger partial charge >= 0.3 is 0 Å². The molecule has 0 unspecified atom stereocenters. The normalized spacial score (nSPS) is 11.4. The summed E-state index contributed by atoms with van der Waals surface area (Å²) < 4.78 is 27.0. The van der Waals surface area contributed by atoms with E-state index in [4.69, 9.17) is 5.73 Å². The Morgan fingerprint density at radius 3 is 2.78 bits per heavy atom. The molecule has 0 bridgehead atoms. The fraction of sp³-hybridized carbons (Fsp3) is 0.100. The molecule has 0 saturated heterocycles. The summed E-state index contributed by atoms with van der Waals surface area (Å²) in [5, 5.41) is 5.99. The van der Waals surface area contributed by atoms with Gasteiger partial charge in [0.2, 0.25) is 0 Å². The second-order valence-electron chi connectivity index (χ2n) is 3.72. The maximum atomic E-state index is 12.0. The highest BCUT2D eigenvalue weighted by Gasteiger charge is 2.17. The number of aromatic amines is 1. The molecule has 0 aliphatic carbocycles. The van der Waals surface area contributed by atoms with Crippen LogP contribution in [0.4, 0.5) is 11.4 Å². The van der Waals surface area contributed by atoms with E-state index in [1.54, 1.807) is 12.1 Å². The predicted octanol–water partition coefficient (Wildman–Crippen LogP) is 1.86. The van der Waals surface area contributed by atoms with E-state index in [0.717, 1.165) is 5.56 Å². The van der Waals surface area contributed by atoms with Gasteiger partial charge in [-0.1, -0.05) is 0 Å². The molecule has 18 heavy (non-hydrogen) atoms. The van der Waals surface area contributed by atoms with E-state index in [9.17, 15) is 8.42 Å². The van der Waals surface area contributed by atoms with Gasteiger partial charge < -0.3 is 5.73 Å². The number of H-pyrrole nitrogens is 1. The van der Waals surface area contributed by atoms with Crippen LogP contribution in [-0.4, -0.2) is 18.6 Å². The highest BCUT2D eigenvalue weighted by molar-refractivity contribution is 9.10. The Labute approximate surface area is 113 Å². The minimum atomic E-state index is -3.68. The van der Waals surface area contributed by atoms with Crippen molar-refractivity contribution in [1.29, 1.82) is 0 Å². The van der Waals surface area contributed by atoms with Gasteiger partial charge in [0.25, 0.3) is 10.0 Å². The van der Waals surface area contributed by atoms with Crippen LogP contribution in [0, 0.1) is 6.92 Å².